The number of hydrogen-bond acceptors (Lipinski definition) is 4. The summed E-state index contributed by atoms with van der Waals surface area (Å²) >= 11 is 0. The van der Waals surface area contributed by atoms with Gasteiger partial charge in [-0.05, 0) is 116 Å². The molecule has 0 fully saturated rings. The summed E-state index contributed by atoms with van der Waals surface area (Å²) in [5.74, 6) is -0.0619. The average molecular weight is 609 g/mol. The van der Waals surface area contributed by atoms with Gasteiger partial charge in [-0.3, -0.25) is 9.59 Å². The fourth-order valence-electron chi connectivity index (χ4n) is 5.14. The predicted octanol–water partition coefficient (Wildman–Crippen LogP) is 11.8. The van der Waals surface area contributed by atoms with E-state index in [1.807, 2.05) is 6.92 Å². The van der Waals surface area contributed by atoms with Gasteiger partial charge in [0.05, 0.1) is 6.10 Å². The zero-order chi connectivity index (χ0) is 31.8. The lowest BCUT2D eigenvalue weighted by atomic mass is 10.1. The molecule has 44 heavy (non-hydrogen) atoms. The summed E-state index contributed by atoms with van der Waals surface area (Å²) < 4.78 is 11.1. The Bertz CT molecular complexity index is 876. The molecule has 2 heterocycles. The van der Waals surface area contributed by atoms with E-state index in [1.165, 1.54) is 32.1 Å². The zero-order valence-corrected chi connectivity index (χ0v) is 28.3. The minimum atomic E-state index is -0.0414. The van der Waals surface area contributed by atoms with Crippen LogP contribution in [-0.2, 0) is 19.1 Å². The molecule has 0 saturated heterocycles. The second-order valence-corrected chi connectivity index (χ2v) is 12.0. The first kappa shape index (κ1) is 39.4. The lowest BCUT2D eigenvalue weighted by molar-refractivity contribution is -0.150. The van der Waals surface area contributed by atoms with E-state index in [0.717, 1.165) is 96.3 Å². The van der Waals surface area contributed by atoms with Crippen LogP contribution in [-0.4, -0.2) is 24.1 Å². The van der Waals surface area contributed by atoms with Gasteiger partial charge < -0.3 is 9.47 Å². The molecule has 0 N–H and O–H groups in total. The van der Waals surface area contributed by atoms with Crippen molar-refractivity contribution in [2.75, 3.05) is 0 Å². The van der Waals surface area contributed by atoms with Gasteiger partial charge in [0, 0.05) is 12.8 Å². The number of carbonyl (C=O) groups is 2. The van der Waals surface area contributed by atoms with Crippen LogP contribution in [0.5, 0.6) is 0 Å². The first-order valence-electron chi connectivity index (χ1n) is 17.9. The van der Waals surface area contributed by atoms with Gasteiger partial charge in [-0.1, -0.05) is 99.1 Å². The van der Waals surface area contributed by atoms with E-state index in [-0.39, 0.29) is 24.1 Å². The third kappa shape index (κ3) is 27.0. The summed E-state index contributed by atoms with van der Waals surface area (Å²) in [4.78, 5) is 23.6. The van der Waals surface area contributed by atoms with E-state index in [2.05, 4.69) is 79.8 Å². The first-order valence-corrected chi connectivity index (χ1v) is 17.9. The maximum atomic E-state index is 11.9. The van der Waals surface area contributed by atoms with E-state index >= 15 is 0 Å². The van der Waals surface area contributed by atoms with Crippen LogP contribution in [0.15, 0.2) is 72.9 Å². The molecule has 2 unspecified atom stereocenters. The van der Waals surface area contributed by atoms with Crippen LogP contribution in [0.2, 0.25) is 0 Å². The number of rotatable bonds is 2. The van der Waals surface area contributed by atoms with Crippen molar-refractivity contribution in [2.45, 2.75) is 167 Å². The Morgan fingerprint density at radius 2 is 0.932 bits per heavy atom. The predicted molar refractivity (Wildman–Crippen MR) is 188 cm³/mol. The summed E-state index contributed by atoms with van der Waals surface area (Å²) in [6.45, 7) is 4.17. The second kappa shape index (κ2) is 30.4. The highest BCUT2D eigenvalue weighted by molar-refractivity contribution is 5.69. The number of esters is 2. The van der Waals surface area contributed by atoms with Gasteiger partial charge in [0.2, 0.25) is 0 Å². The molecule has 0 radical (unpaired) electrons. The number of allylic oxidation sites excluding steroid dienone is 12. The Balaban J connectivity index is 0.000000440. The van der Waals surface area contributed by atoms with Crippen LogP contribution in [0.4, 0.5) is 0 Å². The van der Waals surface area contributed by atoms with E-state index in [0.29, 0.717) is 12.8 Å². The van der Waals surface area contributed by atoms with Gasteiger partial charge in [-0.25, -0.2) is 0 Å². The highest BCUT2D eigenvalue weighted by atomic mass is 16.5. The Labute approximate surface area is 270 Å². The molecule has 0 aliphatic carbocycles. The monoisotopic (exact) mass is 608 g/mol. The zero-order valence-electron chi connectivity index (χ0n) is 28.3. The molecule has 0 saturated carbocycles. The van der Waals surface area contributed by atoms with Crippen molar-refractivity contribution in [1.82, 2.24) is 0 Å². The van der Waals surface area contributed by atoms with Crippen LogP contribution in [0.3, 0.4) is 0 Å². The number of cyclic esters (lactones) is 2. The lowest BCUT2D eigenvalue weighted by Gasteiger charge is -2.17. The molecule has 2 aliphatic heterocycles. The molecule has 248 valence electrons. The number of hydrogen-bond donors (Lipinski definition) is 0. The van der Waals surface area contributed by atoms with Crippen LogP contribution < -0.4 is 0 Å². The van der Waals surface area contributed by atoms with Crippen molar-refractivity contribution >= 4 is 11.9 Å². The van der Waals surface area contributed by atoms with E-state index in [1.54, 1.807) is 0 Å². The van der Waals surface area contributed by atoms with Crippen molar-refractivity contribution in [3.63, 3.8) is 0 Å². The van der Waals surface area contributed by atoms with Crippen molar-refractivity contribution in [3.8, 4) is 0 Å². The van der Waals surface area contributed by atoms with Crippen LogP contribution in [0, 0.1) is 0 Å². The van der Waals surface area contributed by atoms with Gasteiger partial charge >= 0.3 is 11.9 Å². The van der Waals surface area contributed by atoms with Gasteiger partial charge in [0.25, 0.3) is 0 Å². The minimum Gasteiger partial charge on any atom is -0.463 e. The fraction of sp³-hybridized carbons (Fsp3) is 0.650. The molecule has 2 aliphatic rings. The Morgan fingerprint density at radius 1 is 0.523 bits per heavy atom. The van der Waals surface area contributed by atoms with Crippen molar-refractivity contribution in [2.24, 2.45) is 0 Å². The van der Waals surface area contributed by atoms with Gasteiger partial charge in [-0.15, -0.1) is 0 Å². The van der Waals surface area contributed by atoms with Crippen molar-refractivity contribution < 1.29 is 19.1 Å². The summed E-state index contributed by atoms with van der Waals surface area (Å²) in [6, 6.07) is 0. The van der Waals surface area contributed by atoms with Gasteiger partial charge in [-0.2, -0.15) is 0 Å². The summed E-state index contributed by atoms with van der Waals surface area (Å²) in [6.07, 6.45) is 49.2. The topological polar surface area (TPSA) is 52.6 Å². The Kier molecular flexibility index (Phi) is 27.2. The number of carbonyl (C=O) groups excluding carboxylic acids is 2. The first-order chi connectivity index (χ1) is 21.6. The van der Waals surface area contributed by atoms with Crippen LogP contribution in [0.1, 0.15) is 155 Å². The highest BCUT2D eigenvalue weighted by Crippen LogP contribution is 2.15. The Hall–Kier alpha value is -2.62. The lowest BCUT2D eigenvalue weighted by Crippen LogP contribution is -2.18. The molecule has 2 rings (SSSR count). The molecule has 4 heteroatoms. The third-order valence-electron chi connectivity index (χ3n) is 7.71. The maximum Gasteiger partial charge on any atom is 0.306 e. The van der Waals surface area contributed by atoms with E-state index in [9.17, 15) is 9.59 Å². The van der Waals surface area contributed by atoms with Crippen LogP contribution in [0.25, 0.3) is 0 Å². The maximum absolute atomic E-state index is 11.9. The largest absolute Gasteiger partial charge is 0.463 e. The van der Waals surface area contributed by atoms with Gasteiger partial charge in [0.1, 0.15) is 6.10 Å². The minimum absolute atomic E-state index is 0.0206. The highest BCUT2D eigenvalue weighted by Gasteiger charge is 2.13. The molecule has 0 aromatic heterocycles. The molecule has 4 nitrogen and oxygen atoms in total. The molecule has 0 aromatic rings. The molecule has 0 bridgehead atoms. The third-order valence-corrected chi connectivity index (χ3v) is 7.71. The summed E-state index contributed by atoms with van der Waals surface area (Å²) in [7, 11) is 0. The van der Waals surface area contributed by atoms with Crippen molar-refractivity contribution in [3.05, 3.63) is 72.9 Å². The van der Waals surface area contributed by atoms with E-state index < -0.39 is 0 Å². The van der Waals surface area contributed by atoms with Gasteiger partial charge in [0.15, 0.2) is 0 Å². The molecular formula is C40H64O4. The smallest absolute Gasteiger partial charge is 0.306 e. The second-order valence-electron chi connectivity index (χ2n) is 12.0. The SMILES string of the molecule is CC1CCCCCC/C=C\C/C=C\C/C=C\CCCC(=O)O1.CCCC1CCCC/C=C\C/C=C\C/C=C\CCCC(=O)O1. The molecule has 0 aromatic carbocycles. The average Bonchev–Trinajstić information content (AvgIpc) is 3.00. The normalized spacial score (nSPS) is 27.7. The summed E-state index contributed by atoms with van der Waals surface area (Å²) in [5.41, 5.74) is 0. The quantitative estimate of drug-likeness (QED) is 0.231. The van der Waals surface area contributed by atoms with Crippen LogP contribution >= 0.6 is 0 Å². The molecule has 2 atom stereocenters. The molecule has 0 spiro atoms. The number of ether oxygens (including phenoxy) is 2. The van der Waals surface area contributed by atoms with E-state index in [4.69, 9.17) is 9.47 Å². The molecular weight excluding hydrogens is 544 g/mol. The standard InChI is InChI=1S/2C20H32O2/c1-19-17-15-13-11-9-7-5-3-2-4-6-8-10-12-14-16-18-20(21)22-19;1-2-16-19-17-14-12-10-8-6-4-3-5-7-9-11-13-15-18-20(21)22-19/h3-6,10,12,19H,2,7-9,11,13-18H2,1H3;3,5-6,8-9,11,19H,2,4,7,10,12-18H2,1H3/b5-3-,6-4-,12-10-;5-3-,8-6-,11-9-. The fourth-order valence-corrected chi connectivity index (χ4v) is 5.14. The summed E-state index contributed by atoms with van der Waals surface area (Å²) in [5, 5.41) is 0. The van der Waals surface area contributed by atoms with Crippen molar-refractivity contribution in [1.29, 1.82) is 0 Å². The molecule has 0 amide bonds. The Morgan fingerprint density at radius 3 is 1.45 bits per heavy atom.